The Balaban J connectivity index is 1.86. The van der Waals surface area contributed by atoms with E-state index in [-0.39, 0.29) is 17.9 Å². The van der Waals surface area contributed by atoms with Crippen molar-refractivity contribution in [3.63, 3.8) is 0 Å². The van der Waals surface area contributed by atoms with Crippen molar-refractivity contribution in [1.82, 2.24) is 15.6 Å². The Morgan fingerprint density at radius 2 is 2.00 bits per heavy atom. The van der Waals surface area contributed by atoms with Crippen molar-refractivity contribution in [2.24, 2.45) is 5.10 Å². The first-order chi connectivity index (χ1) is 10.0. The van der Waals surface area contributed by atoms with E-state index in [1.807, 2.05) is 24.3 Å². The number of amides is 1. The van der Waals surface area contributed by atoms with Crippen molar-refractivity contribution in [3.05, 3.63) is 57.5 Å². The molecule has 6 heteroatoms. The van der Waals surface area contributed by atoms with Gasteiger partial charge >= 0.3 is 0 Å². The molecule has 0 radical (unpaired) electrons. The standard InChI is InChI=1S/C15H18N4O2/c1-10(2)12-5-3-11(4-6-12)9-16-18-14(20)7-13-8-15(21)19-17-13/h3-6,8-10H,7H2,1-2H3,(H,18,20)(H2,17,19,21)/b16-9-. The number of carbonyl (C=O) groups is 1. The van der Waals surface area contributed by atoms with Gasteiger partial charge in [0.25, 0.3) is 5.56 Å². The monoisotopic (exact) mass is 286 g/mol. The minimum absolute atomic E-state index is 0.0718. The average molecular weight is 286 g/mol. The van der Waals surface area contributed by atoms with E-state index in [0.717, 1.165) is 5.56 Å². The van der Waals surface area contributed by atoms with Crippen LogP contribution < -0.4 is 11.0 Å². The minimum atomic E-state index is -0.291. The molecule has 0 atom stereocenters. The molecule has 6 nitrogen and oxygen atoms in total. The van der Waals surface area contributed by atoms with E-state index in [0.29, 0.717) is 11.6 Å². The number of rotatable bonds is 5. The molecule has 0 fully saturated rings. The fourth-order valence-electron chi connectivity index (χ4n) is 1.83. The van der Waals surface area contributed by atoms with E-state index < -0.39 is 0 Å². The van der Waals surface area contributed by atoms with Gasteiger partial charge in [0.05, 0.1) is 12.6 Å². The van der Waals surface area contributed by atoms with Gasteiger partial charge in [-0.3, -0.25) is 14.7 Å². The quantitative estimate of drug-likeness (QED) is 0.574. The summed E-state index contributed by atoms with van der Waals surface area (Å²) in [5, 5.41) is 8.87. The van der Waals surface area contributed by atoms with Crippen LogP contribution in [0.3, 0.4) is 0 Å². The number of aromatic nitrogens is 2. The van der Waals surface area contributed by atoms with Gasteiger partial charge in [-0.25, -0.2) is 5.43 Å². The predicted molar refractivity (Wildman–Crippen MR) is 81.4 cm³/mol. The lowest BCUT2D eigenvalue weighted by Gasteiger charge is -2.04. The Morgan fingerprint density at radius 1 is 1.29 bits per heavy atom. The SMILES string of the molecule is CC(C)c1ccc(/C=N\NC(=O)Cc2cc(=O)[nH][nH]2)cc1. The third-order valence-corrected chi connectivity index (χ3v) is 3.01. The van der Waals surface area contributed by atoms with E-state index in [4.69, 9.17) is 0 Å². The average Bonchev–Trinajstić information content (AvgIpc) is 2.84. The summed E-state index contributed by atoms with van der Waals surface area (Å²) < 4.78 is 0. The fraction of sp³-hybridized carbons (Fsp3) is 0.267. The van der Waals surface area contributed by atoms with E-state index in [1.54, 1.807) is 6.21 Å². The summed E-state index contributed by atoms with van der Waals surface area (Å²) in [6.45, 7) is 4.27. The second kappa shape index (κ2) is 6.69. The minimum Gasteiger partial charge on any atom is -0.302 e. The zero-order valence-corrected chi connectivity index (χ0v) is 12.0. The number of benzene rings is 1. The van der Waals surface area contributed by atoms with Crippen molar-refractivity contribution < 1.29 is 4.79 Å². The molecule has 0 saturated heterocycles. The van der Waals surface area contributed by atoms with Crippen molar-refractivity contribution >= 4 is 12.1 Å². The molecular weight excluding hydrogens is 268 g/mol. The molecule has 110 valence electrons. The Bertz CT molecular complexity index is 680. The van der Waals surface area contributed by atoms with Crippen LogP contribution in [0.25, 0.3) is 0 Å². The van der Waals surface area contributed by atoms with Gasteiger partial charge in [0.1, 0.15) is 0 Å². The topological polar surface area (TPSA) is 90.1 Å². The first-order valence-electron chi connectivity index (χ1n) is 6.73. The number of hydrazone groups is 1. The van der Waals surface area contributed by atoms with Crippen molar-refractivity contribution in [2.45, 2.75) is 26.2 Å². The smallest absolute Gasteiger partial charge is 0.264 e. The molecule has 0 spiro atoms. The summed E-state index contributed by atoms with van der Waals surface area (Å²) in [5.41, 5.74) is 4.85. The highest BCUT2D eigenvalue weighted by atomic mass is 16.2. The third kappa shape index (κ3) is 4.45. The van der Waals surface area contributed by atoms with E-state index >= 15 is 0 Å². The highest BCUT2D eigenvalue weighted by molar-refractivity contribution is 5.83. The fourth-order valence-corrected chi connectivity index (χ4v) is 1.83. The van der Waals surface area contributed by atoms with E-state index in [9.17, 15) is 9.59 Å². The highest BCUT2D eigenvalue weighted by Gasteiger charge is 2.03. The lowest BCUT2D eigenvalue weighted by atomic mass is 10.0. The Hall–Kier alpha value is -2.63. The normalized spacial score (nSPS) is 11.2. The molecule has 1 heterocycles. The van der Waals surface area contributed by atoms with E-state index in [2.05, 4.69) is 34.6 Å². The van der Waals surface area contributed by atoms with Gasteiger partial charge in [-0.2, -0.15) is 5.10 Å². The van der Waals surface area contributed by atoms with Crippen molar-refractivity contribution in [3.8, 4) is 0 Å². The molecule has 0 aliphatic carbocycles. The van der Waals surface area contributed by atoms with Crippen LogP contribution in [0.4, 0.5) is 0 Å². The largest absolute Gasteiger partial charge is 0.302 e. The number of carbonyl (C=O) groups excluding carboxylic acids is 1. The van der Waals surface area contributed by atoms with Gasteiger partial charge < -0.3 is 5.10 Å². The van der Waals surface area contributed by atoms with Crippen LogP contribution in [-0.2, 0) is 11.2 Å². The van der Waals surface area contributed by atoms with Crippen LogP contribution in [0.15, 0.2) is 40.2 Å². The molecule has 0 saturated carbocycles. The molecule has 21 heavy (non-hydrogen) atoms. The van der Waals surface area contributed by atoms with E-state index in [1.165, 1.54) is 11.6 Å². The molecule has 2 aromatic rings. The number of nitrogens with one attached hydrogen (secondary N) is 3. The third-order valence-electron chi connectivity index (χ3n) is 3.01. The van der Waals surface area contributed by atoms with Crippen LogP contribution in [0.5, 0.6) is 0 Å². The zero-order chi connectivity index (χ0) is 15.2. The maximum absolute atomic E-state index is 11.6. The van der Waals surface area contributed by atoms with Gasteiger partial charge in [-0.05, 0) is 17.0 Å². The molecule has 0 bridgehead atoms. The predicted octanol–water partition coefficient (Wildman–Crippen LogP) is 1.52. The lowest BCUT2D eigenvalue weighted by Crippen LogP contribution is -2.20. The van der Waals surface area contributed by atoms with Crippen LogP contribution in [-0.4, -0.2) is 22.3 Å². The van der Waals surface area contributed by atoms with Gasteiger partial charge in [-0.1, -0.05) is 38.1 Å². The highest BCUT2D eigenvalue weighted by Crippen LogP contribution is 2.13. The molecule has 1 aromatic carbocycles. The van der Waals surface area contributed by atoms with Crippen LogP contribution in [0.2, 0.25) is 0 Å². The number of hydrogen-bond donors (Lipinski definition) is 3. The van der Waals surface area contributed by atoms with Crippen LogP contribution in [0, 0.1) is 0 Å². The van der Waals surface area contributed by atoms with Gasteiger partial charge in [0.15, 0.2) is 0 Å². The molecule has 1 aromatic heterocycles. The van der Waals surface area contributed by atoms with Crippen molar-refractivity contribution in [2.75, 3.05) is 0 Å². The Labute approximate surface area is 122 Å². The maximum atomic E-state index is 11.6. The number of aromatic amines is 2. The summed E-state index contributed by atoms with van der Waals surface area (Å²) in [6, 6.07) is 9.33. The van der Waals surface area contributed by atoms with Crippen molar-refractivity contribution in [1.29, 1.82) is 0 Å². The van der Waals surface area contributed by atoms with Gasteiger partial charge in [0, 0.05) is 11.8 Å². The lowest BCUT2D eigenvalue weighted by molar-refractivity contribution is -0.120. The second-order valence-electron chi connectivity index (χ2n) is 5.08. The molecule has 2 rings (SSSR count). The summed E-state index contributed by atoms with van der Waals surface area (Å²) in [6.07, 6.45) is 1.66. The Kier molecular flexibility index (Phi) is 4.71. The number of H-pyrrole nitrogens is 2. The van der Waals surface area contributed by atoms with Crippen LogP contribution in [0.1, 0.15) is 36.6 Å². The molecule has 0 aliphatic heterocycles. The maximum Gasteiger partial charge on any atom is 0.264 e. The molecule has 0 aliphatic rings. The molecule has 0 unspecified atom stereocenters. The van der Waals surface area contributed by atoms with Crippen LogP contribution >= 0.6 is 0 Å². The summed E-state index contributed by atoms with van der Waals surface area (Å²) in [4.78, 5) is 22.5. The molecule has 1 amide bonds. The number of hydrogen-bond acceptors (Lipinski definition) is 3. The summed E-state index contributed by atoms with van der Waals surface area (Å²) in [7, 11) is 0. The van der Waals surface area contributed by atoms with Gasteiger partial charge in [0.2, 0.25) is 5.91 Å². The summed E-state index contributed by atoms with van der Waals surface area (Å²) in [5.74, 6) is 0.194. The second-order valence-corrected chi connectivity index (χ2v) is 5.08. The first-order valence-corrected chi connectivity index (χ1v) is 6.73. The van der Waals surface area contributed by atoms with Gasteiger partial charge in [-0.15, -0.1) is 0 Å². The number of nitrogens with zero attached hydrogens (tertiary/aromatic N) is 1. The zero-order valence-electron chi connectivity index (χ0n) is 12.0. The summed E-state index contributed by atoms with van der Waals surface area (Å²) >= 11 is 0. The molecular formula is C15H18N4O2. The Morgan fingerprint density at radius 3 is 2.57 bits per heavy atom. The molecule has 3 N–H and O–H groups in total. The first kappa shape index (κ1) is 14.8.